The number of anilines is 1. The zero-order valence-electron chi connectivity index (χ0n) is 22.5. The van der Waals surface area contributed by atoms with Gasteiger partial charge in [-0.15, -0.1) is 0 Å². The third-order valence-corrected chi connectivity index (χ3v) is 6.96. The maximum Gasteiger partial charge on any atom is 0.414 e. The monoisotopic (exact) mass is 549 g/mol. The highest BCUT2D eigenvalue weighted by molar-refractivity contribution is 7.86. The molecule has 204 valence electrons. The fourth-order valence-electron chi connectivity index (χ4n) is 3.59. The lowest BCUT2D eigenvalue weighted by Crippen LogP contribution is -2.34. The fraction of sp³-hybridized carbons (Fsp3) is 0.276. The number of ether oxygens (including phenoxy) is 2. The first-order valence-electron chi connectivity index (χ1n) is 12.3. The number of aryl methyl sites for hydroxylation is 1. The first-order valence-corrected chi connectivity index (χ1v) is 13.7. The molecule has 0 atom stereocenters. The van der Waals surface area contributed by atoms with E-state index < -0.39 is 21.8 Å². The van der Waals surface area contributed by atoms with E-state index in [0.717, 1.165) is 11.1 Å². The van der Waals surface area contributed by atoms with Crippen molar-refractivity contribution in [2.24, 2.45) is 0 Å². The van der Waals surface area contributed by atoms with Crippen LogP contribution in [0.5, 0.6) is 5.75 Å². The molecule has 39 heavy (non-hydrogen) atoms. The molecule has 10 heteroatoms. The first kappa shape index (κ1) is 28.0. The van der Waals surface area contributed by atoms with Crippen molar-refractivity contribution in [3.05, 3.63) is 78.5 Å². The SMILES string of the molecule is Cc1ccc(S(=O)(=O)OCCOc2ccc3nc(-c4ccc(N(C)C(=O)OC(C)(C)C)cc4)cnc3c2)cc1. The van der Waals surface area contributed by atoms with Crippen LogP contribution in [0.15, 0.2) is 77.8 Å². The lowest BCUT2D eigenvalue weighted by molar-refractivity contribution is 0.0589. The number of nitrogens with zero attached hydrogens (tertiary/aromatic N) is 3. The van der Waals surface area contributed by atoms with Crippen LogP contribution in [0, 0.1) is 6.92 Å². The number of amides is 1. The molecule has 1 aromatic heterocycles. The Morgan fingerprint density at radius 3 is 2.28 bits per heavy atom. The number of carbonyl (C=O) groups is 1. The van der Waals surface area contributed by atoms with E-state index in [9.17, 15) is 13.2 Å². The van der Waals surface area contributed by atoms with Crippen LogP contribution in [0.3, 0.4) is 0 Å². The van der Waals surface area contributed by atoms with Crippen LogP contribution in [0.2, 0.25) is 0 Å². The van der Waals surface area contributed by atoms with Gasteiger partial charge in [0.25, 0.3) is 10.1 Å². The molecule has 0 saturated heterocycles. The van der Waals surface area contributed by atoms with E-state index in [0.29, 0.717) is 28.2 Å². The van der Waals surface area contributed by atoms with E-state index in [2.05, 4.69) is 9.97 Å². The summed E-state index contributed by atoms with van der Waals surface area (Å²) in [6.45, 7) is 7.27. The predicted octanol–water partition coefficient (Wildman–Crippen LogP) is 5.76. The molecule has 0 saturated carbocycles. The van der Waals surface area contributed by atoms with Crippen molar-refractivity contribution in [3.63, 3.8) is 0 Å². The normalized spacial score (nSPS) is 11.8. The highest BCUT2D eigenvalue weighted by Gasteiger charge is 2.20. The summed E-state index contributed by atoms with van der Waals surface area (Å²) in [5.74, 6) is 0.524. The maximum absolute atomic E-state index is 12.3. The second-order valence-electron chi connectivity index (χ2n) is 9.93. The summed E-state index contributed by atoms with van der Waals surface area (Å²) in [4.78, 5) is 23.1. The van der Waals surface area contributed by atoms with Gasteiger partial charge in [0.2, 0.25) is 0 Å². The lowest BCUT2D eigenvalue weighted by atomic mass is 10.1. The summed E-state index contributed by atoms with van der Waals surface area (Å²) >= 11 is 0. The number of rotatable bonds is 8. The van der Waals surface area contributed by atoms with E-state index >= 15 is 0 Å². The number of benzene rings is 3. The molecule has 0 radical (unpaired) electrons. The van der Waals surface area contributed by atoms with Gasteiger partial charge >= 0.3 is 6.09 Å². The highest BCUT2D eigenvalue weighted by atomic mass is 32.2. The third kappa shape index (κ3) is 7.30. The van der Waals surface area contributed by atoms with Crippen molar-refractivity contribution < 1.29 is 26.9 Å². The molecule has 0 fully saturated rings. The molecule has 0 aliphatic carbocycles. The number of carbonyl (C=O) groups excluding carboxylic acids is 1. The van der Waals surface area contributed by atoms with Gasteiger partial charge in [-0.3, -0.25) is 14.1 Å². The summed E-state index contributed by atoms with van der Waals surface area (Å²) in [7, 11) is -2.18. The minimum absolute atomic E-state index is 0.0478. The van der Waals surface area contributed by atoms with Gasteiger partial charge in [-0.25, -0.2) is 9.78 Å². The van der Waals surface area contributed by atoms with Crippen LogP contribution in [-0.4, -0.2) is 50.3 Å². The van der Waals surface area contributed by atoms with Crippen molar-refractivity contribution in [2.45, 2.75) is 38.2 Å². The Morgan fingerprint density at radius 2 is 1.62 bits per heavy atom. The Labute approximate surface area is 228 Å². The molecular weight excluding hydrogens is 518 g/mol. The minimum Gasteiger partial charge on any atom is -0.491 e. The molecule has 4 rings (SSSR count). The van der Waals surface area contributed by atoms with E-state index in [4.69, 9.17) is 13.7 Å². The third-order valence-electron chi connectivity index (χ3n) is 5.63. The van der Waals surface area contributed by atoms with Gasteiger partial charge in [0, 0.05) is 24.4 Å². The van der Waals surface area contributed by atoms with Gasteiger partial charge in [-0.1, -0.05) is 29.8 Å². The minimum atomic E-state index is -3.84. The summed E-state index contributed by atoms with van der Waals surface area (Å²) in [5, 5.41) is 0. The smallest absolute Gasteiger partial charge is 0.414 e. The highest BCUT2D eigenvalue weighted by Crippen LogP contribution is 2.25. The van der Waals surface area contributed by atoms with Crippen LogP contribution in [0.4, 0.5) is 10.5 Å². The molecule has 0 unspecified atom stereocenters. The van der Waals surface area contributed by atoms with Gasteiger partial charge in [-0.2, -0.15) is 8.42 Å². The van der Waals surface area contributed by atoms with Crippen LogP contribution >= 0.6 is 0 Å². The molecule has 1 heterocycles. The van der Waals surface area contributed by atoms with Gasteiger partial charge in [0.1, 0.15) is 24.6 Å². The average molecular weight is 550 g/mol. The van der Waals surface area contributed by atoms with E-state index in [1.807, 2.05) is 52.0 Å². The number of aromatic nitrogens is 2. The van der Waals surface area contributed by atoms with Crippen LogP contribution < -0.4 is 9.64 Å². The molecule has 3 aromatic carbocycles. The van der Waals surface area contributed by atoms with E-state index in [1.165, 1.54) is 17.0 Å². The molecular formula is C29H31N3O6S. The molecule has 4 aromatic rings. The summed E-state index contributed by atoms with van der Waals surface area (Å²) in [6.07, 6.45) is 1.23. The summed E-state index contributed by atoms with van der Waals surface area (Å²) in [5.41, 5.74) is 3.91. The number of hydrogen-bond donors (Lipinski definition) is 0. The van der Waals surface area contributed by atoms with Crippen molar-refractivity contribution in [1.82, 2.24) is 9.97 Å². The van der Waals surface area contributed by atoms with Gasteiger partial charge in [0.05, 0.1) is 27.8 Å². The Bertz CT molecular complexity index is 1560. The average Bonchev–Trinajstić information content (AvgIpc) is 2.90. The zero-order chi connectivity index (χ0) is 28.2. The maximum atomic E-state index is 12.3. The Balaban J connectivity index is 1.37. The van der Waals surface area contributed by atoms with E-state index in [-0.39, 0.29) is 18.1 Å². The standard InChI is InChI=1S/C29H31N3O6S/c1-20-6-13-24(14-7-20)39(34,35)37-17-16-36-23-12-15-25-26(18-23)30-19-27(31-25)21-8-10-22(11-9-21)32(5)28(33)38-29(2,3)4/h6-15,18-19H,16-17H2,1-5H3. The topological polar surface area (TPSA) is 108 Å². The molecule has 1 amide bonds. The predicted molar refractivity (Wildman–Crippen MR) is 149 cm³/mol. The Kier molecular flexibility index (Phi) is 8.17. The summed E-state index contributed by atoms with van der Waals surface area (Å²) < 4.78 is 40.7. The summed E-state index contributed by atoms with van der Waals surface area (Å²) in [6, 6.07) is 19.1. The van der Waals surface area contributed by atoms with E-state index in [1.54, 1.807) is 43.6 Å². The quantitative estimate of drug-likeness (QED) is 0.202. The van der Waals surface area contributed by atoms with Crippen LogP contribution in [-0.2, 0) is 19.0 Å². The van der Waals surface area contributed by atoms with Crippen LogP contribution in [0.25, 0.3) is 22.3 Å². The van der Waals surface area contributed by atoms with Crippen molar-refractivity contribution >= 4 is 32.9 Å². The molecule has 0 N–H and O–H groups in total. The van der Waals surface area contributed by atoms with Gasteiger partial charge < -0.3 is 9.47 Å². The van der Waals surface area contributed by atoms with Crippen molar-refractivity contribution in [3.8, 4) is 17.0 Å². The van der Waals surface area contributed by atoms with Gasteiger partial charge in [0.15, 0.2) is 0 Å². The molecule has 9 nitrogen and oxygen atoms in total. The Hall–Kier alpha value is -4.02. The van der Waals surface area contributed by atoms with Gasteiger partial charge in [-0.05, 0) is 64.1 Å². The van der Waals surface area contributed by atoms with Crippen molar-refractivity contribution in [2.75, 3.05) is 25.2 Å². The van der Waals surface area contributed by atoms with Crippen LogP contribution in [0.1, 0.15) is 26.3 Å². The number of hydrogen-bond acceptors (Lipinski definition) is 8. The number of fused-ring (bicyclic) bond motifs is 1. The molecule has 0 bridgehead atoms. The Morgan fingerprint density at radius 1 is 0.923 bits per heavy atom. The lowest BCUT2D eigenvalue weighted by Gasteiger charge is -2.24. The molecule has 0 aliphatic rings. The zero-order valence-corrected chi connectivity index (χ0v) is 23.4. The van der Waals surface area contributed by atoms with Crippen molar-refractivity contribution in [1.29, 1.82) is 0 Å². The first-order chi connectivity index (χ1) is 18.4. The molecule has 0 aliphatic heterocycles. The molecule has 0 spiro atoms. The second kappa shape index (κ2) is 11.4. The second-order valence-corrected chi connectivity index (χ2v) is 11.5. The largest absolute Gasteiger partial charge is 0.491 e. The fourth-order valence-corrected chi connectivity index (χ4v) is 4.48.